The molecule has 0 spiro atoms. The van der Waals surface area contributed by atoms with Crippen molar-refractivity contribution in [2.24, 2.45) is 0 Å². The van der Waals surface area contributed by atoms with Crippen LogP contribution in [-0.2, 0) is 4.74 Å². The van der Waals surface area contributed by atoms with Crippen molar-refractivity contribution in [1.29, 1.82) is 0 Å². The van der Waals surface area contributed by atoms with Crippen LogP contribution in [0.2, 0.25) is 0 Å². The zero-order valence-electron chi connectivity index (χ0n) is 7.79. The molecule has 0 aromatic carbocycles. The molecule has 0 radical (unpaired) electrons. The average Bonchev–Trinajstić information content (AvgIpc) is 2.25. The minimum Gasteiger partial charge on any atom is -0.388 e. The predicted octanol–water partition coefficient (Wildman–Crippen LogP) is -1.02. The summed E-state index contributed by atoms with van der Waals surface area (Å²) in [5.74, 6) is 0. The second-order valence-corrected chi connectivity index (χ2v) is 3.71. The molecule has 2 N–H and O–H groups in total. The summed E-state index contributed by atoms with van der Waals surface area (Å²) >= 11 is 0. The Hall–Kier alpha value is -0.420. The molecule has 0 amide bonds. The molecule has 74 valence electrons. The van der Waals surface area contributed by atoms with Crippen molar-refractivity contribution in [2.75, 3.05) is 14.2 Å². The van der Waals surface area contributed by atoms with Gasteiger partial charge in [-0.3, -0.25) is 4.90 Å². The zero-order valence-corrected chi connectivity index (χ0v) is 7.79. The normalized spacial score (nSPS) is 50.0. The van der Waals surface area contributed by atoms with Crippen LogP contribution in [0.1, 0.15) is 0 Å². The van der Waals surface area contributed by atoms with E-state index in [1.807, 2.05) is 18.0 Å². The molecule has 2 heterocycles. The van der Waals surface area contributed by atoms with Crippen molar-refractivity contribution in [3.8, 4) is 0 Å². The van der Waals surface area contributed by atoms with Gasteiger partial charge >= 0.3 is 0 Å². The van der Waals surface area contributed by atoms with Crippen LogP contribution in [0.3, 0.4) is 0 Å². The van der Waals surface area contributed by atoms with Gasteiger partial charge in [-0.05, 0) is 7.05 Å². The molecule has 2 aliphatic heterocycles. The van der Waals surface area contributed by atoms with Gasteiger partial charge in [0.05, 0.1) is 18.2 Å². The van der Waals surface area contributed by atoms with Gasteiger partial charge in [-0.1, -0.05) is 12.2 Å². The number of aliphatic hydroxyl groups is 2. The van der Waals surface area contributed by atoms with Crippen LogP contribution >= 0.6 is 0 Å². The van der Waals surface area contributed by atoms with Crippen LogP contribution in [0.5, 0.6) is 0 Å². The lowest BCUT2D eigenvalue weighted by atomic mass is 10.1. The first-order valence-corrected chi connectivity index (χ1v) is 4.46. The van der Waals surface area contributed by atoms with Gasteiger partial charge in [0.25, 0.3) is 0 Å². The molecule has 0 saturated carbocycles. The van der Waals surface area contributed by atoms with Crippen molar-refractivity contribution < 1.29 is 14.9 Å². The second-order valence-electron chi connectivity index (χ2n) is 3.71. The topological polar surface area (TPSA) is 52.9 Å². The lowest BCUT2D eigenvalue weighted by Crippen LogP contribution is -2.46. The maximum atomic E-state index is 9.82. The first kappa shape index (κ1) is 9.15. The van der Waals surface area contributed by atoms with Gasteiger partial charge in [0, 0.05) is 7.11 Å². The molecule has 0 aliphatic carbocycles. The Kier molecular flexibility index (Phi) is 2.15. The molecule has 1 saturated heterocycles. The molecule has 0 aromatic rings. The maximum Gasteiger partial charge on any atom is 0.103 e. The predicted molar refractivity (Wildman–Crippen MR) is 47.3 cm³/mol. The molecular weight excluding hydrogens is 170 g/mol. The second kappa shape index (κ2) is 3.06. The highest BCUT2D eigenvalue weighted by Crippen LogP contribution is 2.32. The lowest BCUT2D eigenvalue weighted by Gasteiger charge is -2.31. The van der Waals surface area contributed by atoms with Crippen LogP contribution in [0, 0.1) is 0 Å². The Labute approximate surface area is 77.4 Å². The molecule has 0 aromatic heterocycles. The largest absolute Gasteiger partial charge is 0.388 e. The molecule has 1 fully saturated rings. The Balaban J connectivity index is 2.30. The molecule has 4 nitrogen and oxygen atoms in total. The number of hydrogen-bond acceptors (Lipinski definition) is 4. The van der Waals surface area contributed by atoms with E-state index in [9.17, 15) is 10.2 Å². The first-order chi connectivity index (χ1) is 6.16. The van der Waals surface area contributed by atoms with Crippen LogP contribution in [-0.4, -0.2) is 59.7 Å². The summed E-state index contributed by atoms with van der Waals surface area (Å²) in [6.07, 6.45) is 2.21. The summed E-state index contributed by atoms with van der Waals surface area (Å²) in [7, 11) is 3.46. The first-order valence-electron chi connectivity index (χ1n) is 4.46. The van der Waals surface area contributed by atoms with Crippen LogP contribution in [0.4, 0.5) is 0 Å². The Morgan fingerprint density at radius 1 is 1.31 bits per heavy atom. The quantitative estimate of drug-likeness (QED) is 0.513. The fourth-order valence-corrected chi connectivity index (χ4v) is 2.37. The standard InChI is InChI=1S/C9H15NO3/c1-10-5-3-4-6(11)7(10)9(13-2)8(5)12/h3-9,11-12H,1-2H3. The molecule has 5 atom stereocenters. The molecule has 2 aliphatic rings. The van der Waals surface area contributed by atoms with E-state index in [4.69, 9.17) is 4.74 Å². The summed E-state index contributed by atoms with van der Waals surface area (Å²) in [4.78, 5) is 1.96. The minimum absolute atomic E-state index is 0.0154. The molecule has 5 unspecified atom stereocenters. The minimum atomic E-state index is -0.539. The van der Waals surface area contributed by atoms with E-state index in [0.717, 1.165) is 0 Å². The number of nitrogens with zero attached hydrogens (tertiary/aromatic N) is 1. The number of aliphatic hydroxyl groups excluding tert-OH is 2. The molecule has 13 heavy (non-hydrogen) atoms. The Morgan fingerprint density at radius 3 is 2.62 bits per heavy atom. The van der Waals surface area contributed by atoms with Crippen LogP contribution in [0.15, 0.2) is 12.2 Å². The summed E-state index contributed by atoms with van der Waals surface area (Å²) in [5.41, 5.74) is 0. The number of hydrogen-bond donors (Lipinski definition) is 2. The van der Waals surface area contributed by atoms with E-state index in [1.165, 1.54) is 0 Å². The molecular formula is C9H15NO3. The van der Waals surface area contributed by atoms with Crippen LogP contribution < -0.4 is 0 Å². The van der Waals surface area contributed by atoms with E-state index in [0.29, 0.717) is 0 Å². The van der Waals surface area contributed by atoms with Crippen LogP contribution in [0.25, 0.3) is 0 Å². The van der Waals surface area contributed by atoms with Crippen molar-refractivity contribution in [1.82, 2.24) is 4.90 Å². The van der Waals surface area contributed by atoms with Gasteiger partial charge < -0.3 is 14.9 Å². The van der Waals surface area contributed by atoms with Gasteiger partial charge in [-0.25, -0.2) is 0 Å². The molecule has 2 rings (SSSR count). The van der Waals surface area contributed by atoms with Crippen molar-refractivity contribution in [3.05, 3.63) is 12.2 Å². The summed E-state index contributed by atoms with van der Waals surface area (Å²) < 4.78 is 5.19. The SMILES string of the molecule is COC1C(O)C2C=CC(O)C1N2C. The summed E-state index contributed by atoms with van der Waals surface area (Å²) in [6.45, 7) is 0. The van der Waals surface area contributed by atoms with Crippen molar-refractivity contribution in [2.45, 2.75) is 30.4 Å². The third-order valence-corrected chi connectivity index (χ3v) is 3.09. The highest BCUT2D eigenvalue weighted by Gasteiger charge is 2.50. The average molecular weight is 185 g/mol. The smallest absolute Gasteiger partial charge is 0.103 e. The summed E-state index contributed by atoms with van der Waals surface area (Å²) in [5, 5.41) is 19.5. The number of rotatable bonds is 1. The highest BCUT2D eigenvalue weighted by molar-refractivity contribution is 5.19. The van der Waals surface area contributed by atoms with E-state index in [-0.39, 0.29) is 18.2 Å². The zero-order chi connectivity index (χ0) is 9.59. The number of fused-ring (bicyclic) bond motifs is 2. The molecule has 4 heteroatoms. The van der Waals surface area contributed by atoms with Gasteiger partial charge in [-0.15, -0.1) is 0 Å². The number of likely N-dealkylation sites (N-methyl/N-ethyl adjacent to an activating group) is 1. The third-order valence-electron chi connectivity index (χ3n) is 3.09. The molecule has 2 bridgehead atoms. The Morgan fingerprint density at radius 2 is 2.00 bits per heavy atom. The lowest BCUT2D eigenvalue weighted by molar-refractivity contribution is -0.0213. The van der Waals surface area contributed by atoms with Gasteiger partial charge in [0.15, 0.2) is 0 Å². The number of ether oxygens (including phenoxy) is 1. The van der Waals surface area contributed by atoms with E-state index in [2.05, 4.69) is 0 Å². The highest BCUT2D eigenvalue weighted by atomic mass is 16.5. The summed E-state index contributed by atoms with van der Waals surface area (Å²) in [6, 6.07) is -0.131. The van der Waals surface area contributed by atoms with Crippen molar-refractivity contribution in [3.63, 3.8) is 0 Å². The van der Waals surface area contributed by atoms with Gasteiger partial charge in [0.1, 0.15) is 12.2 Å². The Bertz CT molecular complexity index is 227. The third kappa shape index (κ3) is 1.14. The van der Waals surface area contributed by atoms with E-state index in [1.54, 1.807) is 13.2 Å². The number of methoxy groups -OCH3 is 1. The fourth-order valence-electron chi connectivity index (χ4n) is 2.37. The van der Waals surface area contributed by atoms with Gasteiger partial charge in [0.2, 0.25) is 0 Å². The van der Waals surface area contributed by atoms with Crippen molar-refractivity contribution >= 4 is 0 Å². The monoisotopic (exact) mass is 185 g/mol. The fraction of sp³-hybridized carbons (Fsp3) is 0.778. The van der Waals surface area contributed by atoms with Gasteiger partial charge in [-0.2, -0.15) is 0 Å². The maximum absolute atomic E-state index is 9.82. The van der Waals surface area contributed by atoms with E-state index < -0.39 is 12.2 Å². The van der Waals surface area contributed by atoms with E-state index >= 15 is 0 Å².